The third-order valence-corrected chi connectivity index (χ3v) is 3.41. The largest absolute Gasteiger partial charge is 0.394 e. The number of aromatic amines is 1. The van der Waals surface area contributed by atoms with Crippen molar-refractivity contribution >= 4 is 10.0 Å². The molecule has 10 nitrogen and oxygen atoms in total. The number of H-pyrrole nitrogens is 1. The average Bonchev–Trinajstić information content (AvgIpc) is 2.98. The minimum atomic E-state index is -3.67. The van der Waals surface area contributed by atoms with Crippen molar-refractivity contribution < 1.29 is 13.5 Å². The predicted octanol–water partition coefficient (Wildman–Crippen LogP) is -2.13. The molecule has 2 aromatic rings. The number of hydrogen-bond acceptors (Lipinski definition) is 7. The third-order valence-electron chi connectivity index (χ3n) is 2.06. The maximum absolute atomic E-state index is 11.8. The van der Waals surface area contributed by atoms with Crippen LogP contribution < -0.4 is 4.72 Å². The highest BCUT2D eigenvalue weighted by Gasteiger charge is 2.16. The molecule has 0 saturated heterocycles. The van der Waals surface area contributed by atoms with Crippen molar-refractivity contribution in [2.24, 2.45) is 0 Å². The summed E-state index contributed by atoms with van der Waals surface area (Å²) < 4.78 is 27.3. The zero-order valence-electron chi connectivity index (χ0n) is 9.18. The van der Waals surface area contributed by atoms with Crippen molar-refractivity contribution in [1.82, 2.24) is 35.1 Å². The van der Waals surface area contributed by atoms with E-state index in [1.807, 2.05) is 0 Å². The van der Waals surface area contributed by atoms with Gasteiger partial charge in [0, 0.05) is 6.20 Å². The molecule has 0 aromatic carbocycles. The van der Waals surface area contributed by atoms with Crippen molar-refractivity contribution in [2.75, 3.05) is 6.61 Å². The highest BCUT2D eigenvalue weighted by Crippen LogP contribution is 2.07. The first-order valence-corrected chi connectivity index (χ1v) is 6.45. The molecule has 0 atom stereocenters. The lowest BCUT2D eigenvalue weighted by molar-refractivity contribution is 0.269. The van der Waals surface area contributed by atoms with E-state index in [1.54, 1.807) is 0 Å². The van der Waals surface area contributed by atoms with E-state index in [9.17, 15) is 8.42 Å². The quantitative estimate of drug-likeness (QED) is 0.546. The molecular weight excluding hydrogens is 262 g/mol. The molecule has 2 rings (SSSR count). The SMILES string of the molecule is O=S(=O)(NCc1nn[nH]n1)c1cnn(CCO)c1. The lowest BCUT2D eigenvalue weighted by Crippen LogP contribution is -2.23. The zero-order valence-corrected chi connectivity index (χ0v) is 10.0. The Hall–Kier alpha value is -1.85. The summed E-state index contributed by atoms with van der Waals surface area (Å²) in [7, 11) is -3.67. The molecule has 0 radical (unpaired) electrons. The van der Waals surface area contributed by atoms with Gasteiger partial charge in [0.1, 0.15) is 4.90 Å². The first-order valence-electron chi connectivity index (χ1n) is 4.97. The van der Waals surface area contributed by atoms with Crippen LogP contribution in [0.4, 0.5) is 0 Å². The number of nitrogens with one attached hydrogen (secondary N) is 2. The highest BCUT2D eigenvalue weighted by molar-refractivity contribution is 7.89. The van der Waals surface area contributed by atoms with Gasteiger partial charge in [-0.2, -0.15) is 10.3 Å². The Morgan fingerprint density at radius 3 is 3.00 bits per heavy atom. The Morgan fingerprint density at radius 2 is 2.33 bits per heavy atom. The van der Waals surface area contributed by atoms with Gasteiger partial charge in [-0.25, -0.2) is 13.1 Å². The maximum Gasteiger partial charge on any atom is 0.244 e. The summed E-state index contributed by atoms with van der Waals surface area (Å²) >= 11 is 0. The number of rotatable bonds is 6. The van der Waals surface area contributed by atoms with Crippen LogP contribution in [0.25, 0.3) is 0 Å². The van der Waals surface area contributed by atoms with Crippen LogP contribution in [0.5, 0.6) is 0 Å². The van der Waals surface area contributed by atoms with Crippen LogP contribution in [-0.4, -0.2) is 50.5 Å². The Kier molecular flexibility index (Phi) is 3.64. The zero-order chi connectivity index (χ0) is 13.0. The fraction of sp³-hybridized carbons (Fsp3) is 0.429. The average molecular weight is 273 g/mol. The van der Waals surface area contributed by atoms with Crippen molar-refractivity contribution in [2.45, 2.75) is 18.0 Å². The maximum atomic E-state index is 11.8. The molecule has 0 spiro atoms. The standard InChI is InChI=1S/C7H11N7O3S/c15-2-1-14-5-6(3-8-14)18(16,17)9-4-7-10-12-13-11-7/h3,5,9,15H,1-2,4H2,(H,10,11,12,13). The number of hydrogen-bond donors (Lipinski definition) is 3. The second-order valence-corrected chi connectivity index (χ2v) is 5.08. The Morgan fingerprint density at radius 1 is 1.50 bits per heavy atom. The molecule has 98 valence electrons. The van der Waals surface area contributed by atoms with Crippen LogP contribution in [0.2, 0.25) is 0 Å². The summed E-state index contributed by atoms with van der Waals surface area (Å²) in [5.41, 5.74) is 0. The van der Waals surface area contributed by atoms with E-state index in [2.05, 4.69) is 30.4 Å². The van der Waals surface area contributed by atoms with Crippen LogP contribution in [-0.2, 0) is 23.1 Å². The fourth-order valence-corrected chi connectivity index (χ4v) is 2.14. The molecule has 2 aromatic heterocycles. The summed E-state index contributed by atoms with van der Waals surface area (Å²) in [6, 6.07) is 0. The van der Waals surface area contributed by atoms with Gasteiger partial charge in [-0.05, 0) is 0 Å². The molecule has 0 aliphatic carbocycles. The van der Waals surface area contributed by atoms with Gasteiger partial charge in [0.15, 0.2) is 5.82 Å². The van der Waals surface area contributed by atoms with Gasteiger partial charge in [-0.3, -0.25) is 4.68 Å². The van der Waals surface area contributed by atoms with Gasteiger partial charge in [-0.1, -0.05) is 5.21 Å². The summed E-state index contributed by atoms with van der Waals surface area (Å²) in [6.07, 6.45) is 2.53. The minimum Gasteiger partial charge on any atom is -0.394 e. The molecule has 0 aliphatic rings. The molecule has 0 aliphatic heterocycles. The van der Waals surface area contributed by atoms with Gasteiger partial charge < -0.3 is 5.11 Å². The van der Waals surface area contributed by atoms with Crippen LogP contribution in [0, 0.1) is 0 Å². The number of aliphatic hydroxyl groups excluding tert-OH is 1. The highest BCUT2D eigenvalue weighted by atomic mass is 32.2. The lowest BCUT2D eigenvalue weighted by Gasteiger charge is -2.01. The topological polar surface area (TPSA) is 139 Å². The van der Waals surface area contributed by atoms with Gasteiger partial charge in [0.2, 0.25) is 10.0 Å². The van der Waals surface area contributed by atoms with Crippen LogP contribution in [0.1, 0.15) is 5.82 Å². The number of tetrazole rings is 1. The monoisotopic (exact) mass is 273 g/mol. The summed E-state index contributed by atoms with van der Waals surface area (Å²) in [5, 5.41) is 25.3. The molecule has 0 amide bonds. The van der Waals surface area contributed by atoms with Gasteiger partial charge in [0.05, 0.1) is 25.9 Å². The lowest BCUT2D eigenvalue weighted by atomic mass is 10.6. The molecule has 0 saturated carbocycles. The van der Waals surface area contributed by atoms with E-state index in [1.165, 1.54) is 17.1 Å². The molecular formula is C7H11N7O3S. The van der Waals surface area contributed by atoms with E-state index in [-0.39, 0.29) is 30.4 Å². The number of aromatic nitrogens is 6. The fourth-order valence-electron chi connectivity index (χ4n) is 1.21. The molecule has 3 N–H and O–H groups in total. The third kappa shape index (κ3) is 2.88. The molecule has 0 bridgehead atoms. The molecule has 18 heavy (non-hydrogen) atoms. The van der Waals surface area contributed by atoms with Crippen LogP contribution >= 0.6 is 0 Å². The summed E-state index contributed by atoms with van der Waals surface area (Å²) in [5.74, 6) is 0.237. The molecule has 2 heterocycles. The number of sulfonamides is 1. The van der Waals surface area contributed by atoms with Crippen molar-refractivity contribution in [3.05, 3.63) is 18.2 Å². The van der Waals surface area contributed by atoms with E-state index in [4.69, 9.17) is 5.11 Å². The molecule has 11 heteroatoms. The van der Waals surface area contributed by atoms with Crippen LogP contribution in [0.3, 0.4) is 0 Å². The van der Waals surface area contributed by atoms with Gasteiger partial charge in [-0.15, -0.1) is 10.2 Å². The predicted molar refractivity (Wildman–Crippen MR) is 57.5 cm³/mol. The van der Waals surface area contributed by atoms with Crippen LogP contribution in [0.15, 0.2) is 17.3 Å². The first-order chi connectivity index (χ1) is 8.62. The molecule has 0 unspecified atom stereocenters. The normalized spacial score (nSPS) is 11.8. The van der Waals surface area contributed by atoms with E-state index in [0.29, 0.717) is 0 Å². The summed E-state index contributed by atoms with van der Waals surface area (Å²) in [4.78, 5) is 0.0134. The van der Waals surface area contributed by atoms with E-state index < -0.39 is 10.0 Å². The second-order valence-electron chi connectivity index (χ2n) is 3.32. The second kappa shape index (κ2) is 5.20. The van der Waals surface area contributed by atoms with Crippen molar-refractivity contribution in [3.63, 3.8) is 0 Å². The molecule has 0 fully saturated rings. The Balaban J connectivity index is 2.05. The van der Waals surface area contributed by atoms with Gasteiger partial charge >= 0.3 is 0 Å². The van der Waals surface area contributed by atoms with Crippen molar-refractivity contribution in [1.29, 1.82) is 0 Å². The van der Waals surface area contributed by atoms with E-state index in [0.717, 1.165) is 0 Å². The summed E-state index contributed by atoms with van der Waals surface area (Å²) in [6.45, 7) is 0.0574. The Labute approximate surface area is 102 Å². The number of aliphatic hydroxyl groups is 1. The smallest absolute Gasteiger partial charge is 0.244 e. The number of nitrogens with zero attached hydrogens (tertiary/aromatic N) is 5. The van der Waals surface area contributed by atoms with Gasteiger partial charge in [0.25, 0.3) is 0 Å². The van der Waals surface area contributed by atoms with Crippen molar-refractivity contribution in [3.8, 4) is 0 Å². The minimum absolute atomic E-state index is 0.0134. The first kappa shape index (κ1) is 12.6. The Bertz CT molecular complexity index is 590. The van der Waals surface area contributed by atoms with E-state index >= 15 is 0 Å².